The predicted molar refractivity (Wildman–Crippen MR) is 119 cm³/mol. The first kappa shape index (κ1) is 19.2. The van der Waals surface area contributed by atoms with Gasteiger partial charge >= 0.3 is 0 Å². The summed E-state index contributed by atoms with van der Waals surface area (Å²) in [7, 11) is 0. The first-order valence-corrected chi connectivity index (χ1v) is 10.7. The fourth-order valence-corrected chi connectivity index (χ4v) is 4.67. The van der Waals surface area contributed by atoms with Gasteiger partial charge in [-0.15, -0.1) is 0 Å². The lowest BCUT2D eigenvalue weighted by atomic mass is 10.1. The molecule has 0 atom stereocenters. The van der Waals surface area contributed by atoms with E-state index in [9.17, 15) is 4.79 Å². The van der Waals surface area contributed by atoms with E-state index in [4.69, 9.17) is 27.6 Å². The molecule has 0 saturated heterocycles. The molecule has 142 valence electrons. The molecule has 4 aromatic rings. The standard InChI is InChI=1S/C22H17Cl2NO2S/c23-18-6-3-7-19(24)17(18)13-28-11-10-25-22(26)21-12-16-15-5-2-1-4-14(15)8-9-20(16)27-21/h1-9,12H,10-11,13H2,(H,25,26). The van der Waals surface area contributed by atoms with E-state index in [1.165, 1.54) is 0 Å². The van der Waals surface area contributed by atoms with Crippen LogP contribution in [0.25, 0.3) is 21.7 Å². The highest BCUT2D eigenvalue weighted by molar-refractivity contribution is 7.98. The molecule has 1 amide bonds. The molecule has 1 aromatic heterocycles. The lowest BCUT2D eigenvalue weighted by Gasteiger charge is -2.07. The maximum Gasteiger partial charge on any atom is 0.287 e. The number of hydrogen-bond donors (Lipinski definition) is 1. The number of fused-ring (bicyclic) bond motifs is 3. The Kier molecular flexibility index (Phi) is 5.81. The van der Waals surface area contributed by atoms with Crippen molar-refractivity contribution in [2.75, 3.05) is 12.3 Å². The molecule has 0 saturated carbocycles. The minimum atomic E-state index is -0.211. The number of hydrogen-bond acceptors (Lipinski definition) is 3. The summed E-state index contributed by atoms with van der Waals surface area (Å²) in [5, 5.41) is 7.39. The molecule has 0 aliphatic heterocycles. The molecular formula is C22H17Cl2NO2S. The van der Waals surface area contributed by atoms with Gasteiger partial charge in [0.15, 0.2) is 5.76 Å². The van der Waals surface area contributed by atoms with Crippen molar-refractivity contribution in [3.63, 3.8) is 0 Å². The van der Waals surface area contributed by atoms with Crippen LogP contribution in [0.4, 0.5) is 0 Å². The summed E-state index contributed by atoms with van der Waals surface area (Å²) in [6.45, 7) is 0.531. The van der Waals surface area contributed by atoms with Gasteiger partial charge in [-0.25, -0.2) is 0 Å². The van der Waals surface area contributed by atoms with E-state index < -0.39 is 0 Å². The van der Waals surface area contributed by atoms with Crippen LogP contribution in [0.15, 0.2) is 65.1 Å². The van der Waals surface area contributed by atoms with Gasteiger partial charge in [-0.2, -0.15) is 11.8 Å². The quantitative estimate of drug-likeness (QED) is 0.353. The van der Waals surface area contributed by atoms with Crippen LogP contribution in [0, 0.1) is 0 Å². The Bertz CT molecular complexity index is 1140. The Morgan fingerprint density at radius 1 is 0.964 bits per heavy atom. The van der Waals surface area contributed by atoms with Crippen molar-refractivity contribution in [2.45, 2.75) is 5.75 Å². The van der Waals surface area contributed by atoms with Crippen molar-refractivity contribution >= 4 is 62.6 Å². The monoisotopic (exact) mass is 429 g/mol. The van der Waals surface area contributed by atoms with Crippen LogP contribution < -0.4 is 5.32 Å². The Balaban J connectivity index is 1.36. The zero-order chi connectivity index (χ0) is 19.5. The highest BCUT2D eigenvalue weighted by atomic mass is 35.5. The summed E-state index contributed by atoms with van der Waals surface area (Å²) in [5.74, 6) is 1.56. The Hall–Kier alpha value is -2.14. The number of carbonyl (C=O) groups is 1. The van der Waals surface area contributed by atoms with Gasteiger partial charge in [0, 0.05) is 33.5 Å². The van der Waals surface area contributed by atoms with Crippen LogP contribution >= 0.6 is 35.0 Å². The first-order valence-electron chi connectivity index (χ1n) is 8.83. The van der Waals surface area contributed by atoms with E-state index in [1.54, 1.807) is 11.8 Å². The summed E-state index contributed by atoms with van der Waals surface area (Å²) in [6, 6.07) is 19.3. The molecule has 0 aliphatic carbocycles. The van der Waals surface area contributed by atoms with Gasteiger partial charge in [-0.1, -0.05) is 59.6 Å². The fraction of sp³-hybridized carbons (Fsp3) is 0.136. The first-order chi connectivity index (χ1) is 13.6. The van der Waals surface area contributed by atoms with Gasteiger partial charge in [0.2, 0.25) is 0 Å². The molecule has 0 aliphatic rings. The average molecular weight is 430 g/mol. The summed E-state index contributed by atoms with van der Waals surface area (Å²) >= 11 is 14.0. The van der Waals surface area contributed by atoms with Crippen LogP contribution in [0.2, 0.25) is 10.0 Å². The van der Waals surface area contributed by atoms with Gasteiger partial charge < -0.3 is 9.73 Å². The van der Waals surface area contributed by atoms with E-state index >= 15 is 0 Å². The molecule has 0 spiro atoms. The molecule has 28 heavy (non-hydrogen) atoms. The van der Waals surface area contributed by atoms with Crippen LogP contribution in [0.5, 0.6) is 0 Å². The number of furan rings is 1. The fourth-order valence-electron chi connectivity index (χ4n) is 3.07. The third-order valence-electron chi connectivity index (χ3n) is 4.49. The van der Waals surface area contributed by atoms with Crippen LogP contribution in [0.3, 0.4) is 0 Å². The molecule has 1 N–H and O–H groups in total. The molecule has 1 heterocycles. The second-order valence-corrected chi connectivity index (χ2v) is 8.24. The molecule has 3 aromatic carbocycles. The van der Waals surface area contributed by atoms with Crippen molar-refractivity contribution in [3.05, 3.63) is 82.0 Å². The number of amides is 1. The Morgan fingerprint density at radius 3 is 2.57 bits per heavy atom. The minimum Gasteiger partial charge on any atom is -0.451 e. The van der Waals surface area contributed by atoms with Gasteiger partial charge in [0.25, 0.3) is 5.91 Å². The van der Waals surface area contributed by atoms with Gasteiger partial charge in [0.05, 0.1) is 0 Å². The minimum absolute atomic E-state index is 0.211. The van der Waals surface area contributed by atoms with Crippen molar-refractivity contribution in [2.24, 2.45) is 0 Å². The highest BCUT2D eigenvalue weighted by Crippen LogP contribution is 2.29. The smallest absolute Gasteiger partial charge is 0.287 e. The largest absolute Gasteiger partial charge is 0.451 e. The van der Waals surface area contributed by atoms with Crippen molar-refractivity contribution in [3.8, 4) is 0 Å². The molecular weight excluding hydrogens is 413 g/mol. The third kappa shape index (κ3) is 4.00. The van der Waals surface area contributed by atoms with Crippen molar-refractivity contribution in [1.82, 2.24) is 5.32 Å². The normalized spacial score (nSPS) is 11.2. The van der Waals surface area contributed by atoms with Crippen molar-refractivity contribution < 1.29 is 9.21 Å². The molecule has 4 rings (SSSR count). The number of halogens is 2. The second-order valence-electron chi connectivity index (χ2n) is 6.32. The summed E-state index contributed by atoms with van der Waals surface area (Å²) in [6.07, 6.45) is 0. The summed E-state index contributed by atoms with van der Waals surface area (Å²) < 4.78 is 5.74. The van der Waals surface area contributed by atoms with Gasteiger partial charge in [0.1, 0.15) is 5.58 Å². The van der Waals surface area contributed by atoms with E-state index in [-0.39, 0.29) is 5.91 Å². The highest BCUT2D eigenvalue weighted by Gasteiger charge is 2.13. The Morgan fingerprint density at radius 2 is 1.75 bits per heavy atom. The Labute approximate surface area is 177 Å². The van der Waals surface area contributed by atoms with Crippen LogP contribution in [0.1, 0.15) is 16.1 Å². The lowest BCUT2D eigenvalue weighted by molar-refractivity contribution is 0.0930. The number of carbonyl (C=O) groups excluding carboxylic acids is 1. The molecule has 0 radical (unpaired) electrons. The average Bonchev–Trinajstić information content (AvgIpc) is 3.14. The van der Waals surface area contributed by atoms with Crippen molar-refractivity contribution in [1.29, 1.82) is 0 Å². The summed E-state index contributed by atoms with van der Waals surface area (Å²) in [4.78, 5) is 12.4. The molecule has 0 fully saturated rings. The SMILES string of the molecule is O=C(NCCSCc1c(Cl)cccc1Cl)c1cc2c(ccc3ccccc32)o1. The maximum atomic E-state index is 12.4. The maximum absolute atomic E-state index is 12.4. The molecule has 0 bridgehead atoms. The predicted octanol–water partition coefficient (Wildman–Crippen LogP) is 6.56. The van der Waals surface area contributed by atoms with E-state index in [0.29, 0.717) is 33.7 Å². The summed E-state index contributed by atoms with van der Waals surface area (Å²) in [5.41, 5.74) is 1.64. The van der Waals surface area contributed by atoms with Crippen LogP contribution in [-0.2, 0) is 5.75 Å². The van der Waals surface area contributed by atoms with Gasteiger partial charge in [-0.05, 0) is 40.6 Å². The number of thioether (sulfide) groups is 1. The molecule has 3 nitrogen and oxygen atoms in total. The number of nitrogens with one attached hydrogen (secondary N) is 1. The lowest BCUT2D eigenvalue weighted by Crippen LogP contribution is -2.25. The second kappa shape index (κ2) is 8.48. The topological polar surface area (TPSA) is 42.2 Å². The number of rotatable bonds is 6. The zero-order valence-corrected chi connectivity index (χ0v) is 17.2. The molecule has 0 unspecified atom stereocenters. The van der Waals surface area contributed by atoms with Crippen LogP contribution in [-0.4, -0.2) is 18.2 Å². The van der Waals surface area contributed by atoms with Gasteiger partial charge in [-0.3, -0.25) is 4.79 Å². The third-order valence-corrected chi connectivity index (χ3v) is 6.18. The van der Waals surface area contributed by atoms with E-state index in [2.05, 4.69) is 5.32 Å². The zero-order valence-electron chi connectivity index (χ0n) is 14.9. The molecule has 6 heteroatoms. The number of benzene rings is 3. The van der Waals surface area contributed by atoms with E-state index in [0.717, 1.165) is 27.5 Å². The van der Waals surface area contributed by atoms with E-state index in [1.807, 2.05) is 60.7 Å².